The van der Waals surface area contributed by atoms with Crippen molar-refractivity contribution in [2.75, 3.05) is 0 Å². The molecule has 4 heteroatoms. The molecule has 2 rings (SSSR count). The molecule has 0 radical (unpaired) electrons. The molecule has 1 aromatic heterocycles. The van der Waals surface area contributed by atoms with Gasteiger partial charge in [-0.15, -0.1) is 11.3 Å². The van der Waals surface area contributed by atoms with E-state index in [0.29, 0.717) is 0 Å². The van der Waals surface area contributed by atoms with E-state index in [1.807, 2.05) is 18.2 Å². The lowest BCUT2D eigenvalue weighted by Crippen LogP contribution is -2.21. The van der Waals surface area contributed by atoms with Gasteiger partial charge in [-0.05, 0) is 18.6 Å². The van der Waals surface area contributed by atoms with Crippen molar-refractivity contribution in [3.05, 3.63) is 28.2 Å². The Hall–Kier alpha value is -0.640. The van der Waals surface area contributed by atoms with Crippen molar-refractivity contribution in [1.82, 2.24) is 4.98 Å². The molecule has 0 aliphatic carbocycles. The summed E-state index contributed by atoms with van der Waals surface area (Å²) in [7, 11) is 0. The maximum Gasteiger partial charge on any atom is 0.0954 e. The molecule has 1 unspecified atom stereocenters. The molecule has 80 valence electrons. The Morgan fingerprint density at radius 2 is 2.33 bits per heavy atom. The first-order valence-electron chi connectivity index (χ1n) is 5.00. The van der Waals surface area contributed by atoms with Crippen molar-refractivity contribution in [1.29, 1.82) is 0 Å². The summed E-state index contributed by atoms with van der Waals surface area (Å²) in [6.45, 7) is 2.09. The molecule has 0 amide bonds. The molecule has 0 saturated carbocycles. The molecule has 2 N–H and O–H groups in total. The lowest BCUT2D eigenvalue weighted by Gasteiger charge is -2.03. The average molecular weight is 241 g/mol. The number of halogens is 1. The summed E-state index contributed by atoms with van der Waals surface area (Å²) < 4.78 is 1.07. The molecule has 0 saturated heterocycles. The Morgan fingerprint density at radius 3 is 3.00 bits per heavy atom. The number of nitrogens with zero attached hydrogens (tertiary/aromatic N) is 1. The summed E-state index contributed by atoms with van der Waals surface area (Å²) in [5, 5.41) is 1.86. The summed E-state index contributed by atoms with van der Waals surface area (Å²) in [5.41, 5.74) is 6.88. The highest BCUT2D eigenvalue weighted by molar-refractivity contribution is 7.19. The Bertz CT molecular complexity index is 467. The maximum absolute atomic E-state index is 6.08. The average Bonchev–Trinajstić information content (AvgIpc) is 2.62. The van der Waals surface area contributed by atoms with Gasteiger partial charge < -0.3 is 5.73 Å². The second kappa shape index (κ2) is 4.47. The van der Waals surface area contributed by atoms with Crippen LogP contribution in [-0.2, 0) is 6.42 Å². The number of thiazole rings is 1. The quantitative estimate of drug-likeness (QED) is 0.895. The topological polar surface area (TPSA) is 38.9 Å². The predicted octanol–water partition coefficient (Wildman–Crippen LogP) is 3.23. The van der Waals surface area contributed by atoms with E-state index >= 15 is 0 Å². The van der Waals surface area contributed by atoms with E-state index in [2.05, 4.69) is 11.9 Å². The maximum atomic E-state index is 6.08. The third-order valence-corrected chi connectivity index (χ3v) is 3.93. The van der Waals surface area contributed by atoms with Crippen molar-refractivity contribution in [3.8, 4) is 0 Å². The molecule has 2 aromatic rings. The Morgan fingerprint density at radius 1 is 1.53 bits per heavy atom. The molecule has 2 nitrogen and oxygen atoms in total. The van der Waals surface area contributed by atoms with E-state index in [0.717, 1.165) is 33.1 Å². The Balaban J connectivity index is 2.35. The van der Waals surface area contributed by atoms with Crippen LogP contribution in [0.5, 0.6) is 0 Å². The Labute approximate surface area is 98.1 Å². The Kier molecular flexibility index (Phi) is 3.24. The van der Waals surface area contributed by atoms with Crippen LogP contribution in [0.15, 0.2) is 18.2 Å². The van der Waals surface area contributed by atoms with E-state index in [1.54, 1.807) is 11.3 Å². The first kappa shape index (κ1) is 10.9. The van der Waals surface area contributed by atoms with Crippen LogP contribution in [0, 0.1) is 0 Å². The molecule has 0 aliphatic rings. The first-order chi connectivity index (χ1) is 7.20. The zero-order chi connectivity index (χ0) is 10.8. The first-order valence-corrected chi connectivity index (χ1v) is 6.19. The largest absolute Gasteiger partial charge is 0.327 e. The van der Waals surface area contributed by atoms with Gasteiger partial charge >= 0.3 is 0 Å². The number of nitrogens with two attached hydrogens (primary N) is 1. The number of hydrogen-bond donors (Lipinski definition) is 1. The van der Waals surface area contributed by atoms with Gasteiger partial charge in [-0.3, -0.25) is 0 Å². The zero-order valence-corrected chi connectivity index (χ0v) is 10.1. The van der Waals surface area contributed by atoms with Crippen molar-refractivity contribution in [2.45, 2.75) is 25.8 Å². The third kappa shape index (κ3) is 2.30. The number of benzene rings is 1. The van der Waals surface area contributed by atoms with Gasteiger partial charge in [-0.2, -0.15) is 0 Å². The number of aromatic nitrogens is 1. The standard InChI is InChI=1S/C11H13ClN2S/c1-2-7(13)6-10-14-9-5-3-4-8(12)11(9)15-10/h3-5,7H,2,6,13H2,1H3. The minimum absolute atomic E-state index is 0.198. The predicted molar refractivity (Wildman–Crippen MR) is 66.6 cm³/mol. The summed E-state index contributed by atoms with van der Waals surface area (Å²) in [4.78, 5) is 4.52. The van der Waals surface area contributed by atoms with Crippen LogP contribution >= 0.6 is 22.9 Å². The van der Waals surface area contributed by atoms with Gasteiger partial charge in [0.25, 0.3) is 0 Å². The molecular weight excluding hydrogens is 228 g/mol. The second-order valence-corrected chi connectivity index (χ2v) is 5.06. The molecule has 0 fully saturated rings. The molecule has 1 atom stereocenters. The number of hydrogen-bond acceptors (Lipinski definition) is 3. The third-order valence-electron chi connectivity index (χ3n) is 2.37. The molecule has 0 aliphatic heterocycles. The minimum atomic E-state index is 0.198. The summed E-state index contributed by atoms with van der Waals surface area (Å²) in [6.07, 6.45) is 1.82. The zero-order valence-electron chi connectivity index (χ0n) is 8.53. The van der Waals surface area contributed by atoms with Gasteiger partial charge in [-0.25, -0.2) is 4.98 Å². The van der Waals surface area contributed by atoms with Crippen LogP contribution < -0.4 is 5.73 Å². The van der Waals surface area contributed by atoms with Crippen LogP contribution in [0.1, 0.15) is 18.4 Å². The molecular formula is C11H13ClN2S. The number of rotatable bonds is 3. The fraction of sp³-hybridized carbons (Fsp3) is 0.364. The van der Waals surface area contributed by atoms with Crippen molar-refractivity contribution in [3.63, 3.8) is 0 Å². The van der Waals surface area contributed by atoms with Crippen molar-refractivity contribution >= 4 is 33.2 Å². The minimum Gasteiger partial charge on any atom is -0.327 e. The van der Waals surface area contributed by atoms with Gasteiger partial charge in [0, 0.05) is 12.5 Å². The van der Waals surface area contributed by atoms with E-state index < -0.39 is 0 Å². The van der Waals surface area contributed by atoms with Crippen molar-refractivity contribution in [2.24, 2.45) is 5.73 Å². The molecule has 1 aromatic carbocycles. The van der Waals surface area contributed by atoms with Crippen LogP contribution in [0.4, 0.5) is 0 Å². The normalized spacial score (nSPS) is 13.3. The van der Waals surface area contributed by atoms with Gasteiger partial charge in [0.15, 0.2) is 0 Å². The molecule has 0 bridgehead atoms. The fourth-order valence-electron chi connectivity index (χ4n) is 1.42. The fourth-order valence-corrected chi connectivity index (χ4v) is 2.76. The van der Waals surface area contributed by atoms with E-state index in [4.69, 9.17) is 17.3 Å². The second-order valence-electron chi connectivity index (χ2n) is 3.57. The van der Waals surface area contributed by atoms with Crippen LogP contribution in [0.2, 0.25) is 5.02 Å². The monoisotopic (exact) mass is 240 g/mol. The van der Waals surface area contributed by atoms with Gasteiger partial charge in [-0.1, -0.05) is 24.6 Å². The number of fused-ring (bicyclic) bond motifs is 1. The van der Waals surface area contributed by atoms with Gasteiger partial charge in [0.1, 0.15) is 0 Å². The summed E-state index contributed by atoms with van der Waals surface area (Å²) in [5.74, 6) is 0. The SMILES string of the molecule is CCC(N)Cc1nc2cccc(Cl)c2s1. The summed E-state index contributed by atoms with van der Waals surface area (Å²) >= 11 is 7.72. The highest BCUT2D eigenvalue weighted by Gasteiger charge is 2.09. The highest BCUT2D eigenvalue weighted by atomic mass is 35.5. The molecule has 1 heterocycles. The molecule has 0 spiro atoms. The lowest BCUT2D eigenvalue weighted by molar-refractivity contribution is 0.645. The summed E-state index contributed by atoms with van der Waals surface area (Å²) in [6, 6.07) is 6.00. The van der Waals surface area contributed by atoms with Crippen molar-refractivity contribution < 1.29 is 0 Å². The lowest BCUT2D eigenvalue weighted by atomic mass is 10.2. The van der Waals surface area contributed by atoms with Crippen LogP contribution in [0.25, 0.3) is 10.2 Å². The van der Waals surface area contributed by atoms with Crippen LogP contribution in [-0.4, -0.2) is 11.0 Å². The smallest absolute Gasteiger partial charge is 0.0954 e. The van der Waals surface area contributed by atoms with E-state index in [-0.39, 0.29) is 6.04 Å². The van der Waals surface area contributed by atoms with E-state index in [1.165, 1.54) is 0 Å². The van der Waals surface area contributed by atoms with E-state index in [9.17, 15) is 0 Å². The van der Waals surface area contributed by atoms with Gasteiger partial charge in [0.05, 0.1) is 20.2 Å². The highest BCUT2D eigenvalue weighted by Crippen LogP contribution is 2.29. The van der Waals surface area contributed by atoms with Crippen LogP contribution in [0.3, 0.4) is 0 Å². The molecule has 15 heavy (non-hydrogen) atoms. The van der Waals surface area contributed by atoms with Gasteiger partial charge in [0.2, 0.25) is 0 Å².